The summed E-state index contributed by atoms with van der Waals surface area (Å²) in [6.45, 7) is 4.39. The Balaban J connectivity index is 1.58. The number of hydrogen-bond donors (Lipinski definition) is 0. The molecule has 1 heterocycles. The molecule has 1 aromatic heterocycles. The van der Waals surface area contributed by atoms with Crippen molar-refractivity contribution in [2.24, 2.45) is 0 Å². The van der Waals surface area contributed by atoms with Gasteiger partial charge in [-0.15, -0.1) is 0 Å². The van der Waals surface area contributed by atoms with E-state index in [1.54, 1.807) is 0 Å². The van der Waals surface area contributed by atoms with Crippen LogP contribution in [0.4, 0.5) is 0 Å². The molecule has 0 spiro atoms. The van der Waals surface area contributed by atoms with Crippen LogP contribution in [0.25, 0.3) is 45.3 Å². The Morgan fingerprint density at radius 3 is 1.18 bits per heavy atom. The maximum absolute atomic E-state index is 4.85. The van der Waals surface area contributed by atoms with E-state index in [-0.39, 0.29) is 0 Å². The lowest BCUT2D eigenvalue weighted by Gasteiger charge is -2.10. The summed E-state index contributed by atoms with van der Waals surface area (Å²) in [5, 5.41) is 0. The van der Waals surface area contributed by atoms with Crippen molar-refractivity contribution in [2.75, 3.05) is 0 Å². The molecule has 0 fully saturated rings. The molecule has 0 atom stereocenters. The molecular weight excluding hydrogens is 402 g/mol. The minimum atomic E-state index is 0.482. The molecule has 3 heteroatoms. The molecule has 160 valence electrons. The van der Waals surface area contributed by atoms with Crippen LogP contribution in [-0.2, 0) is 0 Å². The van der Waals surface area contributed by atoms with Gasteiger partial charge in [0.05, 0.1) is 0 Å². The molecule has 0 N–H and O–H groups in total. The standard InChI is InChI=1S/C30H25N3/c1-21(2)22-13-17-26(18-14-22)29-31-28(25-11-7-4-8-12-25)32-30(33-29)27-19-15-24(16-20-27)23-9-5-3-6-10-23/h3-21H,1-2H3. The van der Waals surface area contributed by atoms with Gasteiger partial charge in [0.2, 0.25) is 0 Å². The van der Waals surface area contributed by atoms with Gasteiger partial charge in [0.1, 0.15) is 0 Å². The Morgan fingerprint density at radius 2 is 0.727 bits per heavy atom. The van der Waals surface area contributed by atoms with Gasteiger partial charge < -0.3 is 0 Å². The van der Waals surface area contributed by atoms with Crippen LogP contribution in [0.2, 0.25) is 0 Å². The quantitative estimate of drug-likeness (QED) is 0.289. The maximum Gasteiger partial charge on any atom is 0.164 e. The number of nitrogens with zero attached hydrogens (tertiary/aromatic N) is 3. The average Bonchev–Trinajstić information content (AvgIpc) is 2.89. The van der Waals surface area contributed by atoms with Gasteiger partial charge in [-0.2, -0.15) is 0 Å². The second kappa shape index (κ2) is 9.17. The first kappa shape index (κ1) is 20.8. The van der Waals surface area contributed by atoms with Crippen LogP contribution in [0, 0.1) is 0 Å². The smallest absolute Gasteiger partial charge is 0.164 e. The van der Waals surface area contributed by atoms with Crippen molar-refractivity contribution in [3.63, 3.8) is 0 Å². The van der Waals surface area contributed by atoms with E-state index in [2.05, 4.69) is 86.6 Å². The van der Waals surface area contributed by atoms with Gasteiger partial charge in [-0.3, -0.25) is 0 Å². The van der Waals surface area contributed by atoms with Crippen molar-refractivity contribution in [1.29, 1.82) is 0 Å². The van der Waals surface area contributed by atoms with Gasteiger partial charge >= 0.3 is 0 Å². The number of hydrogen-bond acceptors (Lipinski definition) is 3. The van der Waals surface area contributed by atoms with Crippen molar-refractivity contribution in [3.05, 3.63) is 115 Å². The van der Waals surface area contributed by atoms with Crippen LogP contribution in [0.1, 0.15) is 25.3 Å². The Kier molecular flexibility index (Phi) is 5.77. The summed E-state index contributed by atoms with van der Waals surface area (Å²) in [4.78, 5) is 14.5. The van der Waals surface area contributed by atoms with Crippen molar-refractivity contribution < 1.29 is 0 Å². The predicted octanol–water partition coefficient (Wildman–Crippen LogP) is 7.66. The van der Waals surface area contributed by atoms with Crippen molar-refractivity contribution >= 4 is 0 Å². The topological polar surface area (TPSA) is 38.7 Å². The first-order valence-corrected chi connectivity index (χ1v) is 11.2. The van der Waals surface area contributed by atoms with Crippen molar-refractivity contribution in [1.82, 2.24) is 15.0 Å². The summed E-state index contributed by atoms with van der Waals surface area (Å²) in [7, 11) is 0. The largest absolute Gasteiger partial charge is 0.208 e. The molecule has 3 nitrogen and oxygen atoms in total. The van der Waals surface area contributed by atoms with E-state index in [1.807, 2.05) is 36.4 Å². The van der Waals surface area contributed by atoms with E-state index in [4.69, 9.17) is 15.0 Å². The highest BCUT2D eigenvalue weighted by atomic mass is 15.0. The molecule has 0 aliphatic heterocycles. The average molecular weight is 428 g/mol. The lowest BCUT2D eigenvalue weighted by molar-refractivity contribution is 0.867. The van der Waals surface area contributed by atoms with E-state index < -0.39 is 0 Å². The fourth-order valence-electron chi connectivity index (χ4n) is 3.81. The van der Waals surface area contributed by atoms with Crippen molar-refractivity contribution in [3.8, 4) is 45.3 Å². The van der Waals surface area contributed by atoms with E-state index in [1.165, 1.54) is 16.7 Å². The molecule has 5 rings (SSSR count). The minimum absolute atomic E-state index is 0.482. The number of aromatic nitrogens is 3. The second-order valence-electron chi connectivity index (χ2n) is 8.39. The molecule has 4 aromatic carbocycles. The Bertz CT molecular complexity index is 1340. The molecule has 0 bridgehead atoms. The minimum Gasteiger partial charge on any atom is -0.208 e. The summed E-state index contributed by atoms with van der Waals surface area (Å²) < 4.78 is 0. The highest BCUT2D eigenvalue weighted by Gasteiger charge is 2.12. The summed E-state index contributed by atoms with van der Waals surface area (Å²) >= 11 is 0. The fraction of sp³-hybridized carbons (Fsp3) is 0.100. The highest BCUT2D eigenvalue weighted by Crippen LogP contribution is 2.27. The SMILES string of the molecule is CC(C)c1ccc(-c2nc(-c3ccccc3)nc(-c3ccc(-c4ccccc4)cc3)n2)cc1. The molecule has 0 aliphatic rings. The van der Waals surface area contributed by atoms with E-state index in [9.17, 15) is 0 Å². The number of rotatable bonds is 5. The zero-order chi connectivity index (χ0) is 22.6. The van der Waals surface area contributed by atoms with Crippen LogP contribution in [-0.4, -0.2) is 15.0 Å². The molecule has 0 aliphatic carbocycles. The first-order valence-electron chi connectivity index (χ1n) is 11.2. The third-order valence-corrected chi connectivity index (χ3v) is 5.75. The third kappa shape index (κ3) is 4.58. The van der Waals surface area contributed by atoms with E-state index >= 15 is 0 Å². The van der Waals surface area contributed by atoms with Gasteiger partial charge in [-0.25, -0.2) is 15.0 Å². The highest BCUT2D eigenvalue weighted by molar-refractivity contribution is 5.70. The lowest BCUT2D eigenvalue weighted by Crippen LogP contribution is -2.00. The first-order chi connectivity index (χ1) is 16.2. The van der Waals surface area contributed by atoms with Gasteiger partial charge in [-0.05, 0) is 22.6 Å². The van der Waals surface area contributed by atoms with Crippen LogP contribution in [0.15, 0.2) is 109 Å². The summed E-state index contributed by atoms with van der Waals surface area (Å²) in [5.74, 6) is 2.51. The van der Waals surface area contributed by atoms with Crippen LogP contribution < -0.4 is 0 Å². The summed E-state index contributed by atoms with van der Waals surface area (Å²) in [6.07, 6.45) is 0. The molecule has 0 saturated heterocycles. The van der Waals surface area contributed by atoms with E-state index in [0.29, 0.717) is 23.4 Å². The molecule has 0 saturated carbocycles. The van der Waals surface area contributed by atoms with Crippen LogP contribution >= 0.6 is 0 Å². The Labute approximate surface area is 194 Å². The zero-order valence-corrected chi connectivity index (χ0v) is 18.8. The molecule has 0 radical (unpaired) electrons. The lowest BCUT2D eigenvalue weighted by atomic mass is 10.0. The number of benzene rings is 4. The third-order valence-electron chi connectivity index (χ3n) is 5.75. The molecule has 0 unspecified atom stereocenters. The van der Waals surface area contributed by atoms with Gasteiger partial charge in [0, 0.05) is 16.7 Å². The van der Waals surface area contributed by atoms with Gasteiger partial charge in [-0.1, -0.05) is 123 Å². The Morgan fingerprint density at radius 1 is 0.394 bits per heavy atom. The predicted molar refractivity (Wildman–Crippen MR) is 136 cm³/mol. The van der Waals surface area contributed by atoms with Crippen molar-refractivity contribution in [2.45, 2.75) is 19.8 Å². The Hall–Kier alpha value is -4.11. The zero-order valence-electron chi connectivity index (χ0n) is 18.8. The van der Waals surface area contributed by atoms with Gasteiger partial charge in [0.15, 0.2) is 17.5 Å². The summed E-state index contributed by atoms with van der Waals surface area (Å²) in [5.41, 5.74) is 6.59. The van der Waals surface area contributed by atoms with Crippen LogP contribution in [0.5, 0.6) is 0 Å². The normalized spacial score (nSPS) is 11.0. The molecule has 5 aromatic rings. The monoisotopic (exact) mass is 427 g/mol. The molecule has 0 amide bonds. The maximum atomic E-state index is 4.85. The summed E-state index contributed by atoms with van der Waals surface area (Å²) in [6, 6.07) is 37.3. The van der Waals surface area contributed by atoms with Crippen LogP contribution in [0.3, 0.4) is 0 Å². The second-order valence-corrected chi connectivity index (χ2v) is 8.39. The molecular formula is C30H25N3. The molecule has 33 heavy (non-hydrogen) atoms. The fourth-order valence-corrected chi connectivity index (χ4v) is 3.81. The van der Waals surface area contributed by atoms with Gasteiger partial charge in [0.25, 0.3) is 0 Å². The van der Waals surface area contributed by atoms with E-state index in [0.717, 1.165) is 16.7 Å².